The zero-order valence-corrected chi connectivity index (χ0v) is 11.6. The first-order valence-corrected chi connectivity index (χ1v) is 9.11. The molecule has 1 aliphatic rings. The second-order valence-electron chi connectivity index (χ2n) is 4.64. The summed E-state index contributed by atoms with van der Waals surface area (Å²) < 4.78 is 6.29. The van der Waals surface area contributed by atoms with E-state index in [0.29, 0.717) is 0 Å². The molecular formula is C13H26OSi. The monoisotopic (exact) mass is 226 g/mol. The van der Waals surface area contributed by atoms with Gasteiger partial charge in [-0.2, -0.15) is 0 Å². The molecule has 1 rings (SSSR count). The molecular weight excluding hydrogens is 200 g/mol. The van der Waals surface area contributed by atoms with Crippen LogP contribution in [0, 0.1) is 0 Å². The molecule has 0 radical (unpaired) electrons. The maximum Gasteiger partial charge on any atom is 0.192 e. The van der Waals surface area contributed by atoms with Gasteiger partial charge in [0.2, 0.25) is 0 Å². The van der Waals surface area contributed by atoms with Crippen LogP contribution in [0.25, 0.3) is 0 Å². The van der Waals surface area contributed by atoms with E-state index in [1.54, 1.807) is 5.57 Å². The highest BCUT2D eigenvalue weighted by Gasteiger charge is 2.28. The highest BCUT2D eigenvalue weighted by molar-refractivity contribution is 6.73. The second kappa shape index (κ2) is 6.49. The third-order valence-corrected chi connectivity index (χ3v) is 8.50. The minimum Gasteiger partial charge on any atom is -0.413 e. The lowest BCUT2D eigenvalue weighted by Gasteiger charge is -2.29. The summed E-state index contributed by atoms with van der Waals surface area (Å²) in [6.45, 7) is 7.83. The van der Waals surface area contributed by atoms with Crippen LogP contribution in [0.2, 0.25) is 18.1 Å². The molecule has 0 bridgehead atoms. The second-order valence-corrected chi connectivity index (χ2v) is 9.42. The Hall–Kier alpha value is -0.0831. The van der Waals surface area contributed by atoms with Crippen molar-refractivity contribution >= 4 is 8.32 Å². The number of hydrogen-bond donors (Lipinski definition) is 0. The topological polar surface area (TPSA) is 9.23 Å². The van der Waals surface area contributed by atoms with E-state index in [0.717, 1.165) is 6.61 Å². The van der Waals surface area contributed by atoms with Crippen LogP contribution in [-0.2, 0) is 4.43 Å². The third-order valence-electron chi connectivity index (χ3n) is 3.88. The molecule has 0 unspecified atom stereocenters. The molecule has 0 spiro atoms. The molecule has 15 heavy (non-hydrogen) atoms. The lowest BCUT2D eigenvalue weighted by Crippen LogP contribution is -2.36. The van der Waals surface area contributed by atoms with Crippen LogP contribution in [0.3, 0.4) is 0 Å². The normalized spacial score (nSPS) is 17.7. The van der Waals surface area contributed by atoms with Crippen LogP contribution in [0.4, 0.5) is 0 Å². The predicted octanol–water partition coefficient (Wildman–Crippen LogP) is 4.51. The summed E-state index contributed by atoms with van der Waals surface area (Å²) in [5.74, 6) is 0. The molecule has 0 aromatic carbocycles. The van der Waals surface area contributed by atoms with E-state index in [9.17, 15) is 0 Å². The van der Waals surface area contributed by atoms with Gasteiger partial charge in [-0.1, -0.05) is 26.8 Å². The molecule has 88 valence electrons. The first-order valence-electron chi connectivity index (χ1n) is 6.58. The summed E-state index contributed by atoms with van der Waals surface area (Å²) in [7, 11) is -1.34. The fourth-order valence-corrected chi connectivity index (χ4v) is 4.94. The van der Waals surface area contributed by atoms with Crippen molar-refractivity contribution in [3.8, 4) is 0 Å². The Morgan fingerprint density at radius 2 is 1.80 bits per heavy atom. The lowest BCUT2D eigenvalue weighted by atomic mass is 10.0. The average Bonchev–Trinajstić information content (AvgIpc) is 2.33. The highest BCUT2D eigenvalue weighted by atomic mass is 28.4. The van der Waals surface area contributed by atoms with E-state index >= 15 is 0 Å². The van der Waals surface area contributed by atoms with Crippen LogP contribution in [0.5, 0.6) is 0 Å². The Labute approximate surface area is 96.0 Å². The first kappa shape index (κ1) is 13.0. The fourth-order valence-electron chi connectivity index (χ4n) is 2.34. The predicted molar refractivity (Wildman–Crippen MR) is 69.7 cm³/mol. The van der Waals surface area contributed by atoms with Crippen LogP contribution in [0.15, 0.2) is 11.6 Å². The molecule has 0 atom stereocenters. The van der Waals surface area contributed by atoms with Crippen molar-refractivity contribution in [2.45, 2.75) is 64.6 Å². The van der Waals surface area contributed by atoms with Crippen molar-refractivity contribution in [1.29, 1.82) is 0 Å². The Balaban J connectivity index is 2.42. The van der Waals surface area contributed by atoms with Crippen molar-refractivity contribution in [2.75, 3.05) is 6.61 Å². The minimum atomic E-state index is -1.34. The Morgan fingerprint density at radius 1 is 1.13 bits per heavy atom. The Morgan fingerprint density at radius 3 is 2.27 bits per heavy atom. The molecule has 1 aliphatic carbocycles. The third kappa shape index (κ3) is 3.76. The number of hydrogen-bond acceptors (Lipinski definition) is 1. The summed E-state index contributed by atoms with van der Waals surface area (Å²) in [6.07, 6.45) is 7.71. The smallest absolute Gasteiger partial charge is 0.192 e. The van der Waals surface area contributed by atoms with Crippen molar-refractivity contribution in [1.82, 2.24) is 0 Å². The van der Waals surface area contributed by atoms with Gasteiger partial charge in [-0.3, -0.25) is 0 Å². The van der Waals surface area contributed by atoms with Gasteiger partial charge in [-0.05, 0) is 49.4 Å². The van der Waals surface area contributed by atoms with Gasteiger partial charge in [-0.25, -0.2) is 0 Å². The summed E-state index contributed by atoms with van der Waals surface area (Å²) in [5, 5.41) is 0. The SMILES string of the molecule is CC[Si](CC)(CC)OCC1=CCCCC1. The van der Waals surface area contributed by atoms with Gasteiger partial charge < -0.3 is 4.43 Å². The Kier molecular flexibility index (Phi) is 5.62. The molecule has 0 N–H and O–H groups in total. The van der Waals surface area contributed by atoms with E-state index < -0.39 is 8.32 Å². The first-order chi connectivity index (χ1) is 7.26. The average molecular weight is 226 g/mol. The highest BCUT2D eigenvalue weighted by Crippen LogP contribution is 2.24. The largest absolute Gasteiger partial charge is 0.413 e. The maximum atomic E-state index is 6.29. The van der Waals surface area contributed by atoms with Crippen molar-refractivity contribution in [3.05, 3.63) is 11.6 Å². The molecule has 0 aromatic heterocycles. The molecule has 0 heterocycles. The molecule has 0 aliphatic heterocycles. The zero-order chi connectivity index (χ0) is 11.1. The molecule has 0 saturated heterocycles. The van der Waals surface area contributed by atoms with Gasteiger partial charge in [0.25, 0.3) is 0 Å². The minimum absolute atomic E-state index is 0.932. The summed E-state index contributed by atoms with van der Waals surface area (Å²) in [5.41, 5.74) is 1.56. The molecule has 0 aromatic rings. The van der Waals surface area contributed by atoms with Crippen LogP contribution < -0.4 is 0 Å². The Bertz CT molecular complexity index is 198. The van der Waals surface area contributed by atoms with Gasteiger partial charge in [0.05, 0.1) is 6.61 Å². The van der Waals surface area contributed by atoms with Crippen molar-refractivity contribution in [3.63, 3.8) is 0 Å². The van der Waals surface area contributed by atoms with Gasteiger partial charge in [-0.15, -0.1) is 0 Å². The van der Waals surface area contributed by atoms with Gasteiger partial charge in [0.15, 0.2) is 8.32 Å². The van der Waals surface area contributed by atoms with Gasteiger partial charge >= 0.3 is 0 Å². The molecule has 2 heteroatoms. The quantitative estimate of drug-likeness (QED) is 0.478. The molecule has 0 saturated carbocycles. The van der Waals surface area contributed by atoms with E-state index in [4.69, 9.17) is 4.43 Å². The van der Waals surface area contributed by atoms with Gasteiger partial charge in [0.1, 0.15) is 0 Å². The van der Waals surface area contributed by atoms with Crippen LogP contribution in [-0.4, -0.2) is 14.9 Å². The summed E-state index contributed by atoms with van der Waals surface area (Å²) in [4.78, 5) is 0. The summed E-state index contributed by atoms with van der Waals surface area (Å²) in [6, 6.07) is 3.81. The fraction of sp³-hybridized carbons (Fsp3) is 0.846. The lowest BCUT2D eigenvalue weighted by molar-refractivity contribution is 0.324. The van der Waals surface area contributed by atoms with E-state index in [2.05, 4.69) is 26.8 Å². The summed E-state index contributed by atoms with van der Waals surface area (Å²) >= 11 is 0. The number of rotatable bonds is 6. The molecule has 0 amide bonds. The zero-order valence-electron chi connectivity index (χ0n) is 10.6. The maximum absolute atomic E-state index is 6.29. The van der Waals surface area contributed by atoms with Gasteiger partial charge in [0, 0.05) is 0 Å². The van der Waals surface area contributed by atoms with Crippen LogP contribution in [0.1, 0.15) is 46.5 Å². The molecule has 0 fully saturated rings. The van der Waals surface area contributed by atoms with E-state index in [1.807, 2.05) is 0 Å². The van der Waals surface area contributed by atoms with Crippen molar-refractivity contribution in [2.24, 2.45) is 0 Å². The van der Waals surface area contributed by atoms with E-state index in [-0.39, 0.29) is 0 Å². The standard InChI is InChI=1S/C13H26OSi/c1-4-15(5-2,6-3)14-12-13-10-8-7-9-11-13/h10H,4-9,11-12H2,1-3H3. The van der Waals surface area contributed by atoms with E-state index in [1.165, 1.54) is 43.8 Å². The van der Waals surface area contributed by atoms with Crippen molar-refractivity contribution < 1.29 is 4.43 Å². The van der Waals surface area contributed by atoms with Crippen LogP contribution >= 0.6 is 0 Å². The number of allylic oxidation sites excluding steroid dienone is 1. The molecule has 1 nitrogen and oxygen atoms in total.